The van der Waals surface area contributed by atoms with Gasteiger partial charge in [0, 0.05) is 18.4 Å². The number of nitrogens with one attached hydrogen (secondary N) is 1. The Morgan fingerprint density at radius 2 is 2.07 bits per heavy atom. The van der Waals surface area contributed by atoms with Crippen LogP contribution in [-0.4, -0.2) is 47.8 Å². The zero-order valence-corrected chi connectivity index (χ0v) is 16.4. The van der Waals surface area contributed by atoms with E-state index < -0.39 is 15.9 Å². The summed E-state index contributed by atoms with van der Waals surface area (Å²) in [6, 6.07) is 5.16. The minimum absolute atomic E-state index is 0.000651. The summed E-state index contributed by atoms with van der Waals surface area (Å²) in [5.74, 6) is -1.19. The maximum atomic E-state index is 13.0. The summed E-state index contributed by atoms with van der Waals surface area (Å²) >= 11 is 6.32. The smallest absolute Gasteiger partial charge is 0.266 e. The second-order valence-electron chi connectivity index (χ2n) is 5.97. The van der Waals surface area contributed by atoms with E-state index in [0.717, 1.165) is 17.2 Å². The van der Waals surface area contributed by atoms with Crippen molar-refractivity contribution in [2.45, 2.75) is 12.5 Å². The number of thioether (sulfide) groups is 1. The summed E-state index contributed by atoms with van der Waals surface area (Å²) in [6.45, 7) is 0.0977. The van der Waals surface area contributed by atoms with Crippen LogP contribution in [0.15, 0.2) is 40.7 Å². The molecule has 1 saturated heterocycles. The molecule has 2 aliphatic rings. The first kappa shape index (κ1) is 19.7. The molecule has 0 radical (unpaired) electrons. The Hall–Kier alpha value is -2.04. The van der Waals surface area contributed by atoms with Gasteiger partial charge in [-0.1, -0.05) is 36.1 Å². The Morgan fingerprint density at radius 1 is 1.37 bits per heavy atom. The quantitative estimate of drug-likeness (QED) is 0.572. The van der Waals surface area contributed by atoms with Gasteiger partial charge in [0.1, 0.15) is 10.1 Å². The van der Waals surface area contributed by atoms with Gasteiger partial charge in [0.05, 0.1) is 16.7 Å². The van der Waals surface area contributed by atoms with Gasteiger partial charge in [0.25, 0.3) is 5.91 Å². The Morgan fingerprint density at radius 3 is 2.70 bits per heavy atom. The van der Waals surface area contributed by atoms with Gasteiger partial charge in [0.15, 0.2) is 9.84 Å². The number of benzene rings is 1. The van der Waals surface area contributed by atoms with Crippen molar-refractivity contribution in [1.29, 1.82) is 0 Å². The van der Waals surface area contributed by atoms with Crippen LogP contribution in [0.3, 0.4) is 0 Å². The highest BCUT2D eigenvalue weighted by molar-refractivity contribution is 8.26. The fourth-order valence-electron chi connectivity index (χ4n) is 2.56. The van der Waals surface area contributed by atoms with Crippen LogP contribution in [0, 0.1) is 5.82 Å². The normalized spacial score (nSPS) is 22.6. The number of sulfone groups is 1. The van der Waals surface area contributed by atoms with Gasteiger partial charge < -0.3 is 5.32 Å². The number of hydrogen-bond acceptors (Lipinski definition) is 6. The molecule has 0 unspecified atom stereocenters. The molecule has 2 amide bonds. The number of hydrogen-bond donors (Lipinski definition) is 1. The molecule has 1 atom stereocenters. The van der Waals surface area contributed by atoms with Crippen molar-refractivity contribution in [2.75, 3.05) is 12.3 Å². The number of amides is 2. The molecule has 2 aliphatic heterocycles. The van der Waals surface area contributed by atoms with Crippen LogP contribution >= 0.6 is 24.0 Å². The summed E-state index contributed by atoms with van der Waals surface area (Å²) < 4.78 is 36.0. The molecule has 1 aromatic carbocycles. The Balaban J connectivity index is 1.57. The third-order valence-electron chi connectivity index (χ3n) is 3.88. The fourth-order valence-corrected chi connectivity index (χ4v) is 5.10. The summed E-state index contributed by atoms with van der Waals surface area (Å²) in [7, 11) is -3.24. The molecule has 3 rings (SSSR count). The van der Waals surface area contributed by atoms with Crippen LogP contribution in [0.2, 0.25) is 0 Å². The predicted octanol–water partition coefficient (Wildman–Crippen LogP) is 1.84. The summed E-state index contributed by atoms with van der Waals surface area (Å²) in [4.78, 5) is 26.2. The van der Waals surface area contributed by atoms with Gasteiger partial charge >= 0.3 is 0 Å². The molecule has 1 N–H and O–H groups in total. The molecule has 10 heteroatoms. The summed E-state index contributed by atoms with van der Waals surface area (Å²) in [6.07, 6.45) is 3.05. The lowest BCUT2D eigenvalue weighted by atomic mass is 10.2. The second kappa shape index (κ2) is 7.91. The number of carbonyl (C=O) groups excluding carboxylic acids is 2. The van der Waals surface area contributed by atoms with E-state index in [1.165, 1.54) is 23.1 Å². The van der Waals surface area contributed by atoms with E-state index in [2.05, 4.69) is 5.32 Å². The molecule has 1 fully saturated rings. The molecular formula is C17H15FN2O4S3. The maximum absolute atomic E-state index is 13.0. The standard InChI is InChI=1S/C17H15FN2O4S3/c18-12-3-1-11(2-4-12)9-14-16(22)20(17(25)26-14)7-5-15(21)19-13-6-8-27(23,24)10-13/h1-4,6,8-9,13H,5,7,10H2,(H,19,21)/b14-9+/t13-/m1/s1. The van der Waals surface area contributed by atoms with Crippen molar-refractivity contribution in [3.8, 4) is 0 Å². The highest BCUT2D eigenvalue weighted by atomic mass is 32.2. The lowest BCUT2D eigenvalue weighted by Gasteiger charge is -2.15. The number of halogens is 1. The van der Waals surface area contributed by atoms with Crippen molar-refractivity contribution < 1.29 is 22.4 Å². The molecule has 1 aromatic rings. The first-order chi connectivity index (χ1) is 12.7. The van der Waals surface area contributed by atoms with Crippen LogP contribution < -0.4 is 5.32 Å². The van der Waals surface area contributed by atoms with Gasteiger partial charge in [-0.3, -0.25) is 14.5 Å². The van der Waals surface area contributed by atoms with Crippen molar-refractivity contribution >= 4 is 56.0 Å². The first-order valence-corrected chi connectivity index (χ1v) is 10.9. The fraction of sp³-hybridized carbons (Fsp3) is 0.235. The van der Waals surface area contributed by atoms with Crippen molar-refractivity contribution in [3.63, 3.8) is 0 Å². The van der Waals surface area contributed by atoms with E-state index in [-0.39, 0.29) is 36.4 Å². The number of rotatable bonds is 5. The van der Waals surface area contributed by atoms with Gasteiger partial charge in [0.2, 0.25) is 5.91 Å². The summed E-state index contributed by atoms with van der Waals surface area (Å²) in [5.41, 5.74) is 0.670. The van der Waals surface area contributed by atoms with Crippen molar-refractivity contribution in [3.05, 3.63) is 52.0 Å². The molecule has 6 nitrogen and oxygen atoms in total. The van der Waals surface area contributed by atoms with Crippen LogP contribution in [0.4, 0.5) is 4.39 Å². The molecule has 0 spiro atoms. The molecule has 0 saturated carbocycles. The minimum atomic E-state index is -3.24. The van der Waals surface area contributed by atoms with Crippen molar-refractivity contribution in [1.82, 2.24) is 10.2 Å². The minimum Gasteiger partial charge on any atom is -0.349 e. The third kappa shape index (κ3) is 5.02. The summed E-state index contributed by atoms with van der Waals surface area (Å²) in [5, 5.41) is 3.68. The lowest BCUT2D eigenvalue weighted by molar-refractivity contribution is -0.124. The second-order valence-corrected chi connectivity index (χ2v) is 9.57. The Bertz CT molecular complexity index is 955. The van der Waals surface area contributed by atoms with E-state index in [1.807, 2.05) is 0 Å². The average Bonchev–Trinajstić information content (AvgIpc) is 3.07. The zero-order valence-electron chi connectivity index (χ0n) is 13.9. The molecule has 0 aliphatic carbocycles. The van der Waals surface area contributed by atoms with Gasteiger partial charge in [-0.25, -0.2) is 12.8 Å². The number of carbonyl (C=O) groups is 2. The van der Waals surface area contributed by atoms with Gasteiger partial charge in [-0.05, 0) is 29.8 Å². The third-order valence-corrected chi connectivity index (χ3v) is 6.65. The molecular weight excluding hydrogens is 411 g/mol. The Labute approximate surface area is 165 Å². The number of thiocarbonyl (C=S) groups is 1. The van der Waals surface area contributed by atoms with E-state index in [0.29, 0.717) is 14.8 Å². The zero-order chi connectivity index (χ0) is 19.6. The monoisotopic (exact) mass is 426 g/mol. The topological polar surface area (TPSA) is 83.6 Å². The SMILES string of the molecule is O=C(CCN1C(=O)/C(=C\c2ccc(F)cc2)SC1=S)N[C@@H]1C=CS(=O)(=O)C1. The van der Waals surface area contributed by atoms with Crippen molar-refractivity contribution in [2.24, 2.45) is 0 Å². The van der Waals surface area contributed by atoms with Crippen LogP contribution in [-0.2, 0) is 19.4 Å². The van der Waals surface area contributed by atoms with Crippen LogP contribution in [0.25, 0.3) is 6.08 Å². The molecule has 27 heavy (non-hydrogen) atoms. The highest BCUT2D eigenvalue weighted by Crippen LogP contribution is 2.32. The van der Waals surface area contributed by atoms with E-state index >= 15 is 0 Å². The van der Waals surface area contributed by atoms with Crippen LogP contribution in [0.5, 0.6) is 0 Å². The molecule has 0 bridgehead atoms. The van der Waals surface area contributed by atoms with E-state index in [9.17, 15) is 22.4 Å². The highest BCUT2D eigenvalue weighted by Gasteiger charge is 2.32. The van der Waals surface area contributed by atoms with Gasteiger partial charge in [-0.15, -0.1) is 0 Å². The van der Waals surface area contributed by atoms with E-state index in [1.54, 1.807) is 18.2 Å². The first-order valence-electron chi connectivity index (χ1n) is 7.95. The maximum Gasteiger partial charge on any atom is 0.266 e. The average molecular weight is 427 g/mol. The molecule has 142 valence electrons. The number of nitrogens with zero attached hydrogens (tertiary/aromatic N) is 1. The van der Waals surface area contributed by atoms with Crippen LogP contribution in [0.1, 0.15) is 12.0 Å². The Kier molecular flexibility index (Phi) is 5.78. The predicted molar refractivity (Wildman–Crippen MR) is 106 cm³/mol. The lowest BCUT2D eigenvalue weighted by Crippen LogP contribution is -2.38. The van der Waals surface area contributed by atoms with E-state index in [4.69, 9.17) is 12.2 Å². The largest absolute Gasteiger partial charge is 0.349 e. The molecule has 0 aromatic heterocycles. The van der Waals surface area contributed by atoms with Gasteiger partial charge in [-0.2, -0.15) is 0 Å². The molecule has 2 heterocycles.